The minimum Gasteiger partial charge on any atom is -0.348 e. The van der Waals surface area contributed by atoms with E-state index >= 15 is 0 Å². The van der Waals surface area contributed by atoms with Crippen LogP contribution < -0.4 is 10.6 Å². The summed E-state index contributed by atoms with van der Waals surface area (Å²) >= 11 is 0. The second kappa shape index (κ2) is 4.68. The van der Waals surface area contributed by atoms with E-state index in [1.165, 1.54) is 12.8 Å². The first-order valence-corrected chi connectivity index (χ1v) is 6.71. The summed E-state index contributed by atoms with van der Waals surface area (Å²) in [6.45, 7) is 3.99. The Hall–Kier alpha value is -1.43. The van der Waals surface area contributed by atoms with Crippen LogP contribution in [0.5, 0.6) is 0 Å². The smallest absolute Gasteiger partial charge is 0.273 e. The van der Waals surface area contributed by atoms with Crippen LogP contribution in [0, 0.1) is 5.92 Å². The van der Waals surface area contributed by atoms with Crippen molar-refractivity contribution in [2.45, 2.75) is 38.3 Å². The lowest BCUT2D eigenvalue weighted by molar-refractivity contribution is 0.0943. The zero-order valence-electron chi connectivity index (χ0n) is 10.6. The van der Waals surface area contributed by atoms with Crippen LogP contribution in [0.2, 0.25) is 0 Å². The number of amides is 1. The SMILES string of the molecule is CCCC1CC1NC(=O)c1cn(C2CNC2)nn1. The molecule has 1 aromatic rings. The molecule has 2 heterocycles. The van der Waals surface area contributed by atoms with E-state index in [1.807, 2.05) is 0 Å². The quantitative estimate of drug-likeness (QED) is 0.789. The van der Waals surface area contributed by atoms with Gasteiger partial charge in [0.05, 0.1) is 12.2 Å². The summed E-state index contributed by atoms with van der Waals surface area (Å²) < 4.78 is 1.78. The molecule has 1 amide bonds. The highest BCUT2D eigenvalue weighted by Gasteiger charge is 2.37. The molecular formula is C12H19N5O. The fraction of sp³-hybridized carbons (Fsp3) is 0.750. The van der Waals surface area contributed by atoms with Crippen molar-refractivity contribution in [3.8, 4) is 0 Å². The van der Waals surface area contributed by atoms with Gasteiger partial charge in [0.2, 0.25) is 0 Å². The third-order valence-corrected chi connectivity index (χ3v) is 3.78. The summed E-state index contributed by atoms with van der Waals surface area (Å²) in [6.07, 6.45) is 5.24. The fourth-order valence-corrected chi connectivity index (χ4v) is 2.38. The van der Waals surface area contributed by atoms with E-state index in [-0.39, 0.29) is 5.91 Å². The molecule has 1 aliphatic carbocycles. The highest BCUT2D eigenvalue weighted by Crippen LogP contribution is 2.34. The second-order valence-electron chi connectivity index (χ2n) is 5.26. The van der Waals surface area contributed by atoms with Crippen LogP contribution >= 0.6 is 0 Å². The number of hydrogen-bond donors (Lipinski definition) is 2. The minimum atomic E-state index is -0.0860. The monoisotopic (exact) mass is 249 g/mol. The number of aromatic nitrogens is 3. The predicted octanol–water partition coefficient (Wildman–Crippen LogP) is 0.341. The highest BCUT2D eigenvalue weighted by atomic mass is 16.2. The van der Waals surface area contributed by atoms with Gasteiger partial charge in [-0.3, -0.25) is 4.79 Å². The molecular weight excluding hydrogens is 230 g/mol. The van der Waals surface area contributed by atoms with Crippen LogP contribution in [0.15, 0.2) is 6.20 Å². The van der Waals surface area contributed by atoms with Gasteiger partial charge < -0.3 is 10.6 Å². The molecule has 0 radical (unpaired) electrons. The van der Waals surface area contributed by atoms with E-state index in [1.54, 1.807) is 10.9 Å². The van der Waals surface area contributed by atoms with E-state index in [4.69, 9.17) is 0 Å². The molecule has 6 heteroatoms. The Labute approximate surface area is 106 Å². The number of nitrogens with zero attached hydrogens (tertiary/aromatic N) is 3. The van der Waals surface area contributed by atoms with Crippen molar-refractivity contribution >= 4 is 5.91 Å². The second-order valence-corrected chi connectivity index (χ2v) is 5.26. The third kappa shape index (κ3) is 2.25. The molecule has 2 unspecified atom stereocenters. The van der Waals surface area contributed by atoms with Gasteiger partial charge in [0.25, 0.3) is 5.91 Å². The molecule has 2 aliphatic rings. The van der Waals surface area contributed by atoms with Gasteiger partial charge in [0, 0.05) is 19.1 Å². The summed E-state index contributed by atoms with van der Waals surface area (Å²) in [5.41, 5.74) is 0.434. The number of carbonyl (C=O) groups excluding carboxylic acids is 1. The van der Waals surface area contributed by atoms with Gasteiger partial charge in [0.1, 0.15) is 0 Å². The van der Waals surface area contributed by atoms with Crippen molar-refractivity contribution in [2.24, 2.45) is 5.92 Å². The summed E-state index contributed by atoms with van der Waals surface area (Å²) in [4.78, 5) is 11.9. The van der Waals surface area contributed by atoms with Crippen LogP contribution in [0.3, 0.4) is 0 Å². The van der Waals surface area contributed by atoms with Crippen molar-refractivity contribution in [3.05, 3.63) is 11.9 Å². The average Bonchev–Trinajstić information content (AvgIpc) is 2.83. The molecule has 0 aromatic carbocycles. The van der Waals surface area contributed by atoms with E-state index < -0.39 is 0 Å². The van der Waals surface area contributed by atoms with Crippen LogP contribution in [0.1, 0.15) is 42.7 Å². The normalized spacial score (nSPS) is 26.7. The van der Waals surface area contributed by atoms with Crippen LogP contribution in [-0.4, -0.2) is 40.0 Å². The topological polar surface area (TPSA) is 71.8 Å². The standard InChI is InChI=1S/C12H19N5O/c1-2-3-8-4-10(8)14-12(18)11-7-17(16-15-11)9-5-13-6-9/h7-10,13H,2-6H2,1H3,(H,14,18). The Morgan fingerprint density at radius 3 is 3.11 bits per heavy atom. The van der Waals surface area contributed by atoms with Crippen molar-refractivity contribution in [2.75, 3.05) is 13.1 Å². The first-order valence-electron chi connectivity index (χ1n) is 6.71. The molecule has 1 saturated heterocycles. The molecule has 2 N–H and O–H groups in total. The van der Waals surface area contributed by atoms with E-state index in [0.717, 1.165) is 19.5 Å². The Bertz CT molecular complexity index is 439. The lowest BCUT2D eigenvalue weighted by atomic mass is 10.2. The summed E-state index contributed by atoms with van der Waals surface area (Å²) in [6, 6.07) is 0.709. The first kappa shape index (κ1) is 11.6. The number of carbonyl (C=O) groups is 1. The number of rotatable bonds is 5. The fourth-order valence-electron chi connectivity index (χ4n) is 2.38. The van der Waals surface area contributed by atoms with Crippen molar-refractivity contribution in [1.82, 2.24) is 25.6 Å². The zero-order chi connectivity index (χ0) is 12.5. The van der Waals surface area contributed by atoms with Gasteiger partial charge in [0.15, 0.2) is 5.69 Å². The van der Waals surface area contributed by atoms with Gasteiger partial charge in [-0.15, -0.1) is 5.10 Å². The maximum Gasteiger partial charge on any atom is 0.273 e. The van der Waals surface area contributed by atoms with E-state index in [0.29, 0.717) is 23.7 Å². The molecule has 98 valence electrons. The maximum absolute atomic E-state index is 11.9. The molecule has 18 heavy (non-hydrogen) atoms. The van der Waals surface area contributed by atoms with Crippen LogP contribution in [0.25, 0.3) is 0 Å². The lowest BCUT2D eigenvalue weighted by Crippen LogP contribution is -2.43. The van der Waals surface area contributed by atoms with Gasteiger partial charge >= 0.3 is 0 Å². The molecule has 0 spiro atoms. The Morgan fingerprint density at radius 2 is 2.44 bits per heavy atom. The molecule has 0 bridgehead atoms. The predicted molar refractivity (Wildman–Crippen MR) is 66.2 cm³/mol. The van der Waals surface area contributed by atoms with Crippen LogP contribution in [-0.2, 0) is 0 Å². The number of hydrogen-bond acceptors (Lipinski definition) is 4. The van der Waals surface area contributed by atoms with Gasteiger partial charge in [-0.2, -0.15) is 0 Å². The van der Waals surface area contributed by atoms with Crippen molar-refractivity contribution in [1.29, 1.82) is 0 Å². The molecule has 1 aromatic heterocycles. The Balaban J connectivity index is 1.54. The van der Waals surface area contributed by atoms with Crippen molar-refractivity contribution < 1.29 is 4.79 Å². The van der Waals surface area contributed by atoms with Crippen LogP contribution in [0.4, 0.5) is 0 Å². The molecule has 3 rings (SSSR count). The molecule has 1 saturated carbocycles. The van der Waals surface area contributed by atoms with Gasteiger partial charge in [-0.05, 0) is 18.8 Å². The van der Waals surface area contributed by atoms with E-state index in [9.17, 15) is 4.79 Å². The third-order valence-electron chi connectivity index (χ3n) is 3.78. The molecule has 6 nitrogen and oxygen atoms in total. The largest absolute Gasteiger partial charge is 0.348 e. The molecule has 2 fully saturated rings. The minimum absolute atomic E-state index is 0.0860. The Kier molecular flexibility index (Phi) is 3.03. The summed E-state index contributed by atoms with van der Waals surface area (Å²) in [5.74, 6) is 0.585. The first-order chi connectivity index (χ1) is 8.78. The lowest BCUT2D eigenvalue weighted by Gasteiger charge is -2.26. The van der Waals surface area contributed by atoms with Gasteiger partial charge in [-0.25, -0.2) is 4.68 Å². The zero-order valence-corrected chi connectivity index (χ0v) is 10.6. The van der Waals surface area contributed by atoms with Crippen molar-refractivity contribution in [3.63, 3.8) is 0 Å². The summed E-state index contributed by atoms with van der Waals surface area (Å²) in [5, 5.41) is 14.1. The van der Waals surface area contributed by atoms with E-state index in [2.05, 4.69) is 27.9 Å². The van der Waals surface area contributed by atoms with Gasteiger partial charge in [-0.1, -0.05) is 18.6 Å². The summed E-state index contributed by atoms with van der Waals surface area (Å²) in [7, 11) is 0. The molecule has 1 aliphatic heterocycles. The Morgan fingerprint density at radius 1 is 1.61 bits per heavy atom. The average molecular weight is 249 g/mol. The maximum atomic E-state index is 11.9. The molecule has 2 atom stereocenters. The number of nitrogens with one attached hydrogen (secondary N) is 2. The highest BCUT2D eigenvalue weighted by molar-refractivity contribution is 5.92.